The molecule has 82 valence electrons. The van der Waals surface area contributed by atoms with Crippen LogP contribution in [0.4, 0.5) is 4.39 Å². The Morgan fingerprint density at radius 1 is 1.40 bits per heavy atom. The largest absolute Gasteiger partial charge is 0.380 e. The minimum Gasteiger partial charge on any atom is -0.380 e. The second kappa shape index (κ2) is 5.23. The molecule has 1 aliphatic heterocycles. The second-order valence-corrected chi connectivity index (χ2v) is 5.33. The van der Waals surface area contributed by atoms with Gasteiger partial charge in [0, 0.05) is 21.8 Å². The Morgan fingerprint density at radius 2 is 2.20 bits per heavy atom. The van der Waals surface area contributed by atoms with Crippen LogP contribution in [-0.2, 0) is 4.74 Å². The molecule has 2 rings (SSSR count). The maximum absolute atomic E-state index is 13.3. The molecule has 0 aliphatic carbocycles. The van der Waals surface area contributed by atoms with Crippen molar-refractivity contribution in [3.8, 4) is 0 Å². The molecule has 1 saturated heterocycles. The quantitative estimate of drug-likeness (QED) is 0.647. The summed E-state index contributed by atoms with van der Waals surface area (Å²) in [6.07, 6.45) is 0. The van der Waals surface area contributed by atoms with Gasteiger partial charge in [-0.3, -0.25) is 0 Å². The highest BCUT2D eigenvalue weighted by Gasteiger charge is 2.25. The zero-order valence-electron chi connectivity index (χ0n) is 8.23. The molecule has 15 heavy (non-hydrogen) atoms. The summed E-state index contributed by atoms with van der Waals surface area (Å²) in [4.78, 5) is 0.713. The molecule has 1 heterocycles. The van der Waals surface area contributed by atoms with E-state index in [0.29, 0.717) is 22.7 Å². The molecule has 1 aliphatic rings. The van der Waals surface area contributed by atoms with Gasteiger partial charge in [-0.25, -0.2) is 4.39 Å². The Hall–Kier alpha value is -0.190. The van der Waals surface area contributed by atoms with E-state index in [-0.39, 0.29) is 5.82 Å². The average Bonchev–Trinajstić information content (AvgIpc) is 2.63. The van der Waals surface area contributed by atoms with Gasteiger partial charge in [0.25, 0.3) is 0 Å². The topological polar surface area (TPSA) is 9.23 Å². The summed E-state index contributed by atoms with van der Waals surface area (Å²) in [5.41, 5.74) is 0. The highest BCUT2D eigenvalue weighted by Crippen LogP contribution is 2.28. The van der Waals surface area contributed by atoms with Gasteiger partial charge in [-0.15, -0.1) is 11.8 Å². The van der Waals surface area contributed by atoms with Crippen molar-refractivity contribution in [3.05, 3.63) is 30.1 Å². The van der Waals surface area contributed by atoms with Gasteiger partial charge < -0.3 is 4.74 Å². The van der Waals surface area contributed by atoms with E-state index in [1.807, 2.05) is 12.1 Å². The third-order valence-electron chi connectivity index (χ3n) is 2.45. The number of halogens is 1. The van der Waals surface area contributed by atoms with Gasteiger partial charge in [0.05, 0.1) is 13.2 Å². The van der Waals surface area contributed by atoms with E-state index in [1.54, 1.807) is 17.8 Å². The predicted octanol–water partition coefficient (Wildman–Crippen LogP) is 2.86. The van der Waals surface area contributed by atoms with Crippen LogP contribution in [0.2, 0.25) is 0 Å². The number of ether oxygens (including phenoxy) is 1. The maximum Gasteiger partial charge on any atom is 0.136 e. The normalized spacial score (nSPS) is 25.7. The summed E-state index contributed by atoms with van der Waals surface area (Å²) >= 11 is 5.97. The second-order valence-electron chi connectivity index (χ2n) is 3.61. The molecule has 1 aromatic carbocycles. The first-order chi connectivity index (χ1) is 7.27. The predicted molar refractivity (Wildman–Crippen MR) is 64.2 cm³/mol. The smallest absolute Gasteiger partial charge is 0.136 e. The van der Waals surface area contributed by atoms with Crippen molar-refractivity contribution in [1.82, 2.24) is 0 Å². The first-order valence-corrected chi connectivity index (χ1v) is 6.40. The Bertz CT molecular complexity index is 332. The van der Waals surface area contributed by atoms with E-state index in [2.05, 4.69) is 12.6 Å². The summed E-state index contributed by atoms with van der Waals surface area (Å²) < 4.78 is 18.6. The summed E-state index contributed by atoms with van der Waals surface area (Å²) in [7, 11) is 0. The number of rotatable bonds is 3. The van der Waals surface area contributed by atoms with E-state index in [4.69, 9.17) is 4.74 Å². The summed E-state index contributed by atoms with van der Waals surface area (Å²) in [6.45, 7) is 1.46. The fraction of sp³-hybridized carbons (Fsp3) is 0.455. The minimum atomic E-state index is -0.142. The number of thioether (sulfide) groups is 1. The number of thiol groups is 1. The fourth-order valence-electron chi connectivity index (χ4n) is 1.51. The SMILES string of the molecule is Fc1ccccc1SCC1COCC1S. The van der Waals surface area contributed by atoms with Crippen LogP contribution in [0.5, 0.6) is 0 Å². The van der Waals surface area contributed by atoms with E-state index in [9.17, 15) is 4.39 Å². The number of hydrogen-bond donors (Lipinski definition) is 1. The number of benzene rings is 1. The van der Waals surface area contributed by atoms with Gasteiger partial charge in [0.1, 0.15) is 5.82 Å². The first-order valence-electron chi connectivity index (χ1n) is 4.90. The van der Waals surface area contributed by atoms with Crippen LogP contribution < -0.4 is 0 Å². The molecule has 0 bridgehead atoms. The summed E-state index contributed by atoms with van der Waals surface area (Å²) in [6, 6.07) is 6.86. The van der Waals surface area contributed by atoms with Crippen LogP contribution in [0, 0.1) is 11.7 Å². The lowest BCUT2D eigenvalue weighted by Gasteiger charge is -2.11. The van der Waals surface area contributed by atoms with Crippen molar-refractivity contribution in [1.29, 1.82) is 0 Å². The molecule has 4 heteroatoms. The van der Waals surface area contributed by atoms with E-state index >= 15 is 0 Å². The van der Waals surface area contributed by atoms with Crippen LogP contribution in [0.3, 0.4) is 0 Å². The summed E-state index contributed by atoms with van der Waals surface area (Å²) in [5, 5.41) is 0.296. The van der Waals surface area contributed by atoms with Crippen LogP contribution in [0.15, 0.2) is 29.2 Å². The molecule has 1 nitrogen and oxygen atoms in total. The molecule has 2 unspecified atom stereocenters. The van der Waals surface area contributed by atoms with Crippen molar-refractivity contribution >= 4 is 24.4 Å². The summed E-state index contributed by atoms with van der Waals surface area (Å²) in [5.74, 6) is 1.16. The van der Waals surface area contributed by atoms with E-state index in [0.717, 1.165) is 12.4 Å². The molecular formula is C11H13FOS2. The van der Waals surface area contributed by atoms with Crippen LogP contribution in [0.25, 0.3) is 0 Å². The van der Waals surface area contributed by atoms with Crippen LogP contribution >= 0.6 is 24.4 Å². The molecule has 0 N–H and O–H groups in total. The van der Waals surface area contributed by atoms with E-state index in [1.165, 1.54) is 6.07 Å². The standard InChI is InChI=1S/C11H13FOS2/c12-9-3-1-2-4-11(9)15-7-8-5-13-6-10(8)14/h1-4,8,10,14H,5-7H2. The van der Waals surface area contributed by atoms with Crippen molar-refractivity contribution in [2.24, 2.45) is 5.92 Å². The molecule has 0 aromatic heterocycles. The molecular weight excluding hydrogens is 231 g/mol. The first kappa shape index (κ1) is 11.3. The lowest BCUT2D eigenvalue weighted by molar-refractivity contribution is 0.189. The highest BCUT2D eigenvalue weighted by molar-refractivity contribution is 7.99. The van der Waals surface area contributed by atoms with Gasteiger partial charge in [-0.1, -0.05) is 12.1 Å². The Balaban J connectivity index is 1.90. The van der Waals surface area contributed by atoms with Gasteiger partial charge in [-0.2, -0.15) is 12.6 Å². The van der Waals surface area contributed by atoms with Gasteiger partial charge >= 0.3 is 0 Å². The highest BCUT2D eigenvalue weighted by atomic mass is 32.2. The van der Waals surface area contributed by atoms with Crippen molar-refractivity contribution in [2.75, 3.05) is 19.0 Å². The maximum atomic E-state index is 13.3. The zero-order chi connectivity index (χ0) is 10.7. The minimum absolute atomic E-state index is 0.142. The Labute approximate surface area is 98.8 Å². The third kappa shape index (κ3) is 2.89. The van der Waals surface area contributed by atoms with E-state index < -0.39 is 0 Å². The average molecular weight is 244 g/mol. The number of hydrogen-bond acceptors (Lipinski definition) is 3. The Morgan fingerprint density at radius 3 is 2.87 bits per heavy atom. The van der Waals surface area contributed by atoms with Crippen molar-refractivity contribution in [2.45, 2.75) is 10.1 Å². The van der Waals surface area contributed by atoms with Gasteiger partial charge in [-0.05, 0) is 12.1 Å². The van der Waals surface area contributed by atoms with Crippen LogP contribution in [-0.4, -0.2) is 24.2 Å². The zero-order valence-corrected chi connectivity index (χ0v) is 9.94. The molecule has 1 aromatic rings. The lowest BCUT2D eigenvalue weighted by atomic mass is 10.1. The van der Waals surface area contributed by atoms with Crippen LogP contribution in [0.1, 0.15) is 0 Å². The fourth-order valence-corrected chi connectivity index (χ4v) is 3.05. The van der Waals surface area contributed by atoms with Crippen molar-refractivity contribution < 1.29 is 9.13 Å². The van der Waals surface area contributed by atoms with Gasteiger partial charge in [0.15, 0.2) is 0 Å². The lowest BCUT2D eigenvalue weighted by Crippen LogP contribution is -2.14. The van der Waals surface area contributed by atoms with Gasteiger partial charge in [0.2, 0.25) is 0 Å². The Kier molecular flexibility index (Phi) is 3.94. The van der Waals surface area contributed by atoms with Crippen molar-refractivity contribution in [3.63, 3.8) is 0 Å². The molecule has 0 amide bonds. The molecule has 0 radical (unpaired) electrons. The molecule has 2 atom stereocenters. The molecule has 1 fully saturated rings. The third-order valence-corrected chi connectivity index (χ3v) is 4.26. The molecule has 0 spiro atoms. The monoisotopic (exact) mass is 244 g/mol. The molecule has 0 saturated carbocycles.